The first-order valence-corrected chi connectivity index (χ1v) is 8.27. The monoisotopic (exact) mass is 363 g/mol. The average Bonchev–Trinajstić information content (AvgIpc) is 2.67. The molecule has 0 N–H and O–H groups in total. The van der Waals surface area contributed by atoms with E-state index in [1.54, 1.807) is 30.3 Å². The Bertz CT molecular complexity index is 966. The number of aryl methyl sites for hydroxylation is 1. The highest BCUT2D eigenvalue weighted by atomic mass is 16.6. The number of nitrogens with zero attached hydrogens (tertiary/aromatic N) is 1. The Morgan fingerprint density at radius 1 is 0.963 bits per heavy atom. The molecule has 0 aliphatic rings. The number of esters is 1. The Morgan fingerprint density at radius 2 is 1.70 bits per heavy atom. The van der Waals surface area contributed by atoms with Gasteiger partial charge in [0.1, 0.15) is 18.1 Å². The highest BCUT2D eigenvalue weighted by Gasteiger charge is 2.10. The summed E-state index contributed by atoms with van der Waals surface area (Å²) in [6, 6.07) is 20.2. The third-order valence-corrected chi connectivity index (χ3v) is 3.92. The van der Waals surface area contributed by atoms with Crippen molar-refractivity contribution in [3.05, 3.63) is 99.6 Å². The molecule has 0 aromatic heterocycles. The normalized spacial score (nSPS) is 10.3. The smallest absolute Gasteiger partial charge is 0.338 e. The van der Waals surface area contributed by atoms with E-state index in [9.17, 15) is 14.9 Å². The first-order chi connectivity index (χ1) is 13.0. The highest BCUT2D eigenvalue weighted by Crippen LogP contribution is 2.25. The number of carbonyl (C=O) groups excluding carboxylic acids is 1. The summed E-state index contributed by atoms with van der Waals surface area (Å²) in [7, 11) is 0. The Morgan fingerprint density at radius 3 is 2.41 bits per heavy atom. The van der Waals surface area contributed by atoms with E-state index in [1.807, 2.05) is 25.1 Å². The van der Waals surface area contributed by atoms with Crippen LogP contribution in [0.4, 0.5) is 5.69 Å². The maximum atomic E-state index is 12.2. The van der Waals surface area contributed by atoms with Gasteiger partial charge in [-0.1, -0.05) is 30.3 Å². The molecule has 0 saturated carbocycles. The lowest BCUT2D eigenvalue weighted by Gasteiger charge is -2.09. The van der Waals surface area contributed by atoms with Gasteiger partial charge in [0, 0.05) is 12.1 Å². The van der Waals surface area contributed by atoms with Crippen LogP contribution in [-0.2, 0) is 11.3 Å². The lowest BCUT2D eigenvalue weighted by molar-refractivity contribution is -0.384. The van der Waals surface area contributed by atoms with Crippen LogP contribution < -0.4 is 4.74 Å². The fraction of sp³-hybridized carbons (Fsp3) is 0.0952. The minimum absolute atomic E-state index is 0.000724. The quantitative estimate of drug-likeness (QED) is 0.348. The highest BCUT2D eigenvalue weighted by molar-refractivity contribution is 5.90. The standard InChI is InChI=1S/C21H17NO5/c1-15-5-2-3-8-20(15)21(23)26-14-16-6-4-7-19(13-16)27-18-11-9-17(10-12-18)22(24)25/h2-13H,14H2,1H3. The molecule has 3 aromatic carbocycles. The average molecular weight is 363 g/mol. The molecular formula is C21H17NO5. The molecule has 3 rings (SSSR count). The maximum absolute atomic E-state index is 12.2. The molecule has 0 aliphatic carbocycles. The van der Waals surface area contributed by atoms with Crippen LogP contribution in [0.5, 0.6) is 11.5 Å². The van der Waals surface area contributed by atoms with Crippen molar-refractivity contribution in [1.82, 2.24) is 0 Å². The zero-order chi connectivity index (χ0) is 19.2. The summed E-state index contributed by atoms with van der Waals surface area (Å²) in [6.07, 6.45) is 0. The predicted octanol–water partition coefficient (Wildman–Crippen LogP) is 5.05. The molecular weight excluding hydrogens is 346 g/mol. The number of hydrogen-bond acceptors (Lipinski definition) is 5. The fourth-order valence-corrected chi connectivity index (χ4v) is 2.50. The maximum Gasteiger partial charge on any atom is 0.338 e. The van der Waals surface area contributed by atoms with Crippen molar-refractivity contribution in [2.75, 3.05) is 0 Å². The summed E-state index contributed by atoms with van der Waals surface area (Å²) in [5.41, 5.74) is 2.17. The summed E-state index contributed by atoms with van der Waals surface area (Å²) in [6.45, 7) is 1.97. The first kappa shape index (κ1) is 18.1. The van der Waals surface area contributed by atoms with E-state index in [-0.39, 0.29) is 18.3 Å². The second-order valence-corrected chi connectivity index (χ2v) is 5.89. The molecule has 3 aromatic rings. The Kier molecular flexibility index (Phi) is 5.47. The van der Waals surface area contributed by atoms with Crippen molar-refractivity contribution in [1.29, 1.82) is 0 Å². The Balaban J connectivity index is 1.64. The van der Waals surface area contributed by atoms with Gasteiger partial charge < -0.3 is 9.47 Å². The molecule has 6 nitrogen and oxygen atoms in total. The molecule has 0 aliphatic heterocycles. The van der Waals surface area contributed by atoms with Crippen molar-refractivity contribution in [3.63, 3.8) is 0 Å². The van der Waals surface area contributed by atoms with Gasteiger partial charge >= 0.3 is 5.97 Å². The minimum Gasteiger partial charge on any atom is -0.457 e. The van der Waals surface area contributed by atoms with Gasteiger partial charge in [-0.3, -0.25) is 10.1 Å². The van der Waals surface area contributed by atoms with E-state index in [0.717, 1.165) is 11.1 Å². The summed E-state index contributed by atoms with van der Waals surface area (Å²) >= 11 is 0. The molecule has 0 fully saturated rings. The Labute approximate surface area is 156 Å². The van der Waals surface area contributed by atoms with E-state index in [4.69, 9.17) is 9.47 Å². The number of benzene rings is 3. The van der Waals surface area contributed by atoms with Gasteiger partial charge in [-0.15, -0.1) is 0 Å². The number of carbonyl (C=O) groups is 1. The van der Waals surface area contributed by atoms with Crippen molar-refractivity contribution in [3.8, 4) is 11.5 Å². The lowest BCUT2D eigenvalue weighted by atomic mass is 10.1. The van der Waals surface area contributed by atoms with Gasteiger partial charge in [0.05, 0.1) is 10.5 Å². The van der Waals surface area contributed by atoms with Gasteiger partial charge in [0.25, 0.3) is 5.69 Å². The molecule has 0 unspecified atom stereocenters. The molecule has 0 heterocycles. The number of nitro groups is 1. The molecule has 0 saturated heterocycles. The van der Waals surface area contributed by atoms with Crippen LogP contribution in [0.2, 0.25) is 0 Å². The minimum atomic E-state index is -0.465. The van der Waals surface area contributed by atoms with Crippen LogP contribution in [0, 0.1) is 17.0 Å². The fourth-order valence-electron chi connectivity index (χ4n) is 2.50. The topological polar surface area (TPSA) is 78.7 Å². The van der Waals surface area contributed by atoms with Gasteiger partial charge in [0.2, 0.25) is 0 Å². The largest absolute Gasteiger partial charge is 0.457 e. The summed E-state index contributed by atoms with van der Waals surface area (Å²) in [4.78, 5) is 22.4. The van der Waals surface area contributed by atoms with Gasteiger partial charge in [-0.05, 0) is 48.4 Å². The number of rotatable bonds is 6. The van der Waals surface area contributed by atoms with Gasteiger partial charge in [0.15, 0.2) is 0 Å². The van der Waals surface area contributed by atoms with Crippen molar-refractivity contribution < 1.29 is 19.2 Å². The zero-order valence-electron chi connectivity index (χ0n) is 14.6. The lowest BCUT2D eigenvalue weighted by Crippen LogP contribution is -2.06. The summed E-state index contributed by atoms with van der Waals surface area (Å²) < 4.78 is 11.1. The van der Waals surface area contributed by atoms with Crippen LogP contribution >= 0.6 is 0 Å². The second kappa shape index (κ2) is 8.14. The number of ether oxygens (including phenoxy) is 2. The second-order valence-electron chi connectivity index (χ2n) is 5.89. The van der Waals surface area contributed by atoms with E-state index in [0.29, 0.717) is 17.1 Å². The summed E-state index contributed by atoms with van der Waals surface area (Å²) in [5.74, 6) is 0.651. The van der Waals surface area contributed by atoms with Crippen LogP contribution in [0.25, 0.3) is 0 Å². The van der Waals surface area contributed by atoms with Crippen molar-refractivity contribution in [2.45, 2.75) is 13.5 Å². The molecule has 0 bridgehead atoms. The van der Waals surface area contributed by atoms with Crippen LogP contribution in [0.15, 0.2) is 72.8 Å². The van der Waals surface area contributed by atoms with E-state index < -0.39 is 4.92 Å². The van der Waals surface area contributed by atoms with Gasteiger partial charge in [-0.2, -0.15) is 0 Å². The van der Waals surface area contributed by atoms with Crippen molar-refractivity contribution in [2.24, 2.45) is 0 Å². The number of non-ortho nitro benzene ring substituents is 1. The molecule has 0 spiro atoms. The molecule has 0 atom stereocenters. The SMILES string of the molecule is Cc1ccccc1C(=O)OCc1cccc(Oc2ccc([N+](=O)[O-])cc2)c1. The zero-order valence-corrected chi connectivity index (χ0v) is 14.6. The van der Waals surface area contributed by atoms with E-state index >= 15 is 0 Å². The molecule has 0 radical (unpaired) electrons. The molecule has 0 amide bonds. The van der Waals surface area contributed by atoms with Gasteiger partial charge in [-0.25, -0.2) is 4.79 Å². The van der Waals surface area contributed by atoms with Crippen molar-refractivity contribution >= 4 is 11.7 Å². The van der Waals surface area contributed by atoms with E-state index in [1.165, 1.54) is 24.3 Å². The molecule has 136 valence electrons. The van der Waals surface area contributed by atoms with Crippen LogP contribution in [-0.4, -0.2) is 10.9 Å². The van der Waals surface area contributed by atoms with E-state index in [2.05, 4.69) is 0 Å². The molecule has 6 heteroatoms. The predicted molar refractivity (Wildman–Crippen MR) is 99.9 cm³/mol. The number of hydrogen-bond donors (Lipinski definition) is 0. The first-order valence-electron chi connectivity index (χ1n) is 8.27. The third-order valence-electron chi connectivity index (χ3n) is 3.92. The third kappa shape index (κ3) is 4.70. The summed E-state index contributed by atoms with van der Waals surface area (Å²) in [5, 5.41) is 10.7. The molecule has 27 heavy (non-hydrogen) atoms. The Hall–Kier alpha value is -3.67. The number of nitro benzene ring substituents is 1. The van der Waals surface area contributed by atoms with Crippen LogP contribution in [0.1, 0.15) is 21.5 Å². The van der Waals surface area contributed by atoms with Crippen LogP contribution in [0.3, 0.4) is 0 Å².